The summed E-state index contributed by atoms with van der Waals surface area (Å²) in [5.74, 6) is -0.771. The fourth-order valence-corrected chi connectivity index (χ4v) is 1.66. The van der Waals surface area contributed by atoms with Crippen molar-refractivity contribution in [3.63, 3.8) is 0 Å². The van der Waals surface area contributed by atoms with Gasteiger partial charge in [0.25, 0.3) is 0 Å². The molecule has 0 aromatic heterocycles. The van der Waals surface area contributed by atoms with E-state index in [1.54, 1.807) is 0 Å². The second-order valence-electron chi connectivity index (χ2n) is 3.76. The van der Waals surface area contributed by atoms with Crippen molar-refractivity contribution in [2.45, 2.75) is 31.9 Å². The van der Waals surface area contributed by atoms with Crippen LogP contribution in [0.25, 0.3) is 0 Å². The van der Waals surface area contributed by atoms with Gasteiger partial charge in [-0.05, 0) is 13.3 Å². The normalized spacial score (nSPS) is 24.4. The van der Waals surface area contributed by atoms with Gasteiger partial charge < -0.3 is 9.84 Å². The molecule has 0 bridgehead atoms. The number of morpholine rings is 1. The van der Waals surface area contributed by atoms with Crippen LogP contribution in [-0.2, 0) is 9.53 Å². The summed E-state index contributed by atoms with van der Waals surface area (Å²) in [6.45, 7) is 3.90. The molecule has 0 aliphatic carbocycles. The van der Waals surface area contributed by atoms with Gasteiger partial charge in [-0.15, -0.1) is 0 Å². The van der Waals surface area contributed by atoms with Crippen LogP contribution in [0.15, 0.2) is 0 Å². The molecule has 0 aromatic carbocycles. The molecule has 84 valence electrons. The molecule has 2 atom stereocenters. The van der Waals surface area contributed by atoms with E-state index in [4.69, 9.17) is 15.1 Å². The van der Waals surface area contributed by atoms with Crippen molar-refractivity contribution in [3.05, 3.63) is 0 Å². The van der Waals surface area contributed by atoms with Crippen LogP contribution in [0.2, 0.25) is 0 Å². The Kier molecular flexibility index (Phi) is 4.53. The van der Waals surface area contributed by atoms with Gasteiger partial charge in [-0.25, -0.2) is 0 Å². The maximum Gasteiger partial charge on any atom is 0.303 e. The minimum absolute atomic E-state index is 0.176. The predicted molar refractivity (Wildman–Crippen MR) is 53.3 cm³/mol. The lowest BCUT2D eigenvalue weighted by atomic mass is 10.1. The molecule has 1 saturated heterocycles. The average molecular weight is 212 g/mol. The van der Waals surface area contributed by atoms with E-state index >= 15 is 0 Å². The van der Waals surface area contributed by atoms with Crippen LogP contribution in [0.1, 0.15) is 19.8 Å². The standard InChI is InChI=1S/C10H16N2O3/c1-8(2-3-10(13)14)12-4-5-15-9(6-11)7-12/h8-9H,2-5,7H2,1H3,(H,13,14). The van der Waals surface area contributed by atoms with Crippen LogP contribution in [0.5, 0.6) is 0 Å². The molecule has 0 radical (unpaired) electrons. The van der Waals surface area contributed by atoms with Crippen molar-refractivity contribution in [2.75, 3.05) is 19.7 Å². The smallest absolute Gasteiger partial charge is 0.303 e. The fourth-order valence-electron chi connectivity index (χ4n) is 1.66. The highest BCUT2D eigenvalue weighted by atomic mass is 16.5. The lowest BCUT2D eigenvalue weighted by Crippen LogP contribution is -2.46. The van der Waals surface area contributed by atoms with Gasteiger partial charge in [0.05, 0.1) is 12.7 Å². The van der Waals surface area contributed by atoms with Crippen molar-refractivity contribution in [3.8, 4) is 6.07 Å². The first-order valence-corrected chi connectivity index (χ1v) is 5.10. The van der Waals surface area contributed by atoms with Gasteiger partial charge in [-0.1, -0.05) is 0 Å². The Morgan fingerprint density at radius 1 is 1.80 bits per heavy atom. The Balaban J connectivity index is 2.35. The number of carboxylic acids is 1. The first-order chi connectivity index (χ1) is 7.13. The first kappa shape index (κ1) is 12.0. The maximum atomic E-state index is 10.4. The molecule has 1 aliphatic rings. The van der Waals surface area contributed by atoms with Gasteiger partial charge in [-0.3, -0.25) is 9.69 Å². The minimum atomic E-state index is -0.771. The Labute approximate surface area is 89.2 Å². The number of ether oxygens (including phenoxy) is 1. The number of aliphatic carboxylic acids is 1. The monoisotopic (exact) mass is 212 g/mol. The highest BCUT2D eigenvalue weighted by Gasteiger charge is 2.23. The van der Waals surface area contributed by atoms with Crippen LogP contribution in [0.3, 0.4) is 0 Å². The number of nitriles is 1. The molecule has 1 aliphatic heterocycles. The number of nitrogens with zero attached hydrogens (tertiary/aromatic N) is 2. The van der Waals surface area contributed by atoms with Crippen molar-refractivity contribution in [2.24, 2.45) is 0 Å². The van der Waals surface area contributed by atoms with Crippen molar-refractivity contribution >= 4 is 5.97 Å². The number of hydrogen-bond acceptors (Lipinski definition) is 4. The zero-order valence-corrected chi connectivity index (χ0v) is 8.85. The lowest BCUT2D eigenvalue weighted by molar-refractivity contribution is -0.137. The Morgan fingerprint density at radius 3 is 3.13 bits per heavy atom. The third-order valence-electron chi connectivity index (χ3n) is 2.64. The third-order valence-corrected chi connectivity index (χ3v) is 2.64. The zero-order chi connectivity index (χ0) is 11.3. The van der Waals surface area contributed by atoms with E-state index in [-0.39, 0.29) is 18.6 Å². The summed E-state index contributed by atoms with van der Waals surface area (Å²) in [5, 5.41) is 17.3. The van der Waals surface area contributed by atoms with Gasteiger partial charge in [0.15, 0.2) is 6.10 Å². The van der Waals surface area contributed by atoms with Gasteiger partial charge in [0.1, 0.15) is 0 Å². The summed E-state index contributed by atoms with van der Waals surface area (Å²) in [5.41, 5.74) is 0. The fraction of sp³-hybridized carbons (Fsp3) is 0.800. The topological polar surface area (TPSA) is 73.6 Å². The summed E-state index contributed by atoms with van der Waals surface area (Å²) in [7, 11) is 0. The van der Waals surface area contributed by atoms with Crippen LogP contribution >= 0.6 is 0 Å². The summed E-state index contributed by atoms with van der Waals surface area (Å²) in [6, 6.07) is 2.27. The molecule has 0 spiro atoms. The number of rotatable bonds is 4. The van der Waals surface area contributed by atoms with E-state index in [0.717, 1.165) is 6.54 Å². The first-order valence-electron chi connectivity index (χ1n) is 5.10. The van der Waals surface area contributed by atoms with Gasteiger partial charge in [0.2, 0.25) is 0 Å². The van der Waals surface area contributed by atoms with E-state index in [1.165, 1.54) is 0 Å². The maximum absolute atomic E-state index is 10.4. The molecule has 1 fully saturated rings. The molecule has 2 unspecified atom stereocenters. The molecule has 1 N–H and O–H groups in total. The van der Waals surface area contributed by atoms with Crippen molar-refractivity contribution in [1.29, 1.82) is 5.26 Å². The van der Waals surface area contributed by atoms with E-state index in [0.29, 0.717) is 19.6 Å². The Hall–Kier alpha value is -1.12. The molecule has 0 aromatic rings. The molecule has 1 rings (SSSR count). The number of carbonyl (C=O) groups is 1. The largest absolute Gasteiger partial charge is 0.481 e. The second-order valence-corrected chi connectivity index (χ2v) is 3.76. The van der Waals surface area contributed by atoms with E-state index < -0.39 is 5.97 Å². The molecular formula is C10H16N2O3. The quantitative estimate of drug-likeness (QED) is 0.733. The van der Waals surface area contributed by atoms with Crippen LogP contribution < -0.4 is 0 Å². The van der Waals surface area contributed by atoms with Crippen molar-refractivity contribution in [1.82, 2.24) is 4.90 Å². The lowest BCUT2D eigenvalue weighted by Gasteiger charge is -2.34. The number of hydrogen-bond donors (Lipinski definition) is 1. The molecular weight excluding hydrogens is 196 g/mol. The van der Waals surface area contributed by atoms with E-state index in [9.17, 15) is 4.79 Å². The Morgan fingerprint density at radius 2 is 2.53 bits per heavy atom. The summed E-state index contributed by atoms with van der Waals surface area (Å²) in [6.07, 6.45) is 0.425. The third kappa shape index (κ3) is 3.86. The second kappa shape index (κ2) is 5.69. The van der Waals surface area contributed by atoms with Crippen molar-refractivity contribution < 1.29 is 14.6 Å². The van der Waals surface area contributed by atoms with Gasteiger partial charge >= 0.3 is 5.97 Å². The number of carboxylic acid groups (broad SMARTS) is 1. The summed E-state index contributed by atoms with van der Waals surface area (Å²) < 4.78 is 5.21. The highest BCUT2D eigenvalue weighted by Crippen LogP contribution is 2.12. The average Bonchev–Trinajstić information content (AvgIpc) is 2.26. The summed E-state index contributed by atoms with van der Waals surface area (Å²) >= 11 is 0. The molecule has 5 nitrogen and oxygen atoms in total. The van der Waals surface area contributed by atoms with E-state index in [1.807, 2.05) is 6.92 Å². The molecule has 0 amide bonds. The summed E-state index contributed by atoms with van der Waals surface area (Å²) in [4.78, 5) is 12.5. The molecule has 1 heterocycles. The zero-order valence-electron chi connectivity index (χ0n) is 8.85. The minimum Gasteiger partial charge on any atom is -0.481 e. The molecule has 5 heteroatoms. The predicted octanol–water partition coefficient (Wildman–Crippen LogP) is 0.464. The molecule has 0 saturated carbocycles. The van der Waals surface area contributed by atoms with Crippen LogP contribution in [-0.4, -0.2) is 47.8 Å². The van der Waals surface area contributed by atoms with Gasteiger partial charge in [0, 0.05) is 25.6 Å². The SMILES string of the molecule is CC(CCC(=O)O)N1CCOC(C#N)C1. The van der Waals surface area contributed by atoms with Crippen LogP contribution in [0, 0.1) is 11.3 Å². The van der Waals surface area contributed by atoms with E-state index in [2.05, 4.69) is 11.0 Å². The van der Waals surface area contributed by atoms with Crippen LogP contribution in [0.4, 0.5) is 0 Å². The molecule has 15 heavy (non-hydrogen) atoms. The van der Waals surface area contributed by atoms with Gasteiger partial charge in [-0.2, -0.15) is 5.26 Å². The highest BCUT2D eigenvalue weighted by molar-refractivity contribution is 5.66. The Bertz CT molecular complexity index is 262.